The van der Waals surface area contributed by atoms with E-state index in [2.05, 4.69) is 9.97 Å². The molecule has 1 saturated heterocycles. The van der Waals surface area contributed by atoms with Crippen molar-refractivity contribution in [1.82, 2.24) is 19.2 Å². The van der Waals surface area contributed by atoms with Gasteiger partial charge in [0, 0.05) is 29.9 Å². The minimum atomic E-state index is -3.52. The first kappa shape index (κ1) is 21.0. The minimum Gasteiger partial charge on any atom is -0.383 e. The lowest BCUT2D eigenvalue weighted by atomic mass is 10.1. The Morgan fingerprint density at radius 2 is 2.00 bits per heavy atom. The lowest BCUT2D eigenvalue weighted by Gasteiger charge is -2.33. The largest absolute Gasteiger partial charge is 0.383 e. The van der Waals surface area contributed by atoms with E-state index in [1.165, 1.54) is 22.0 Å². The van der Waals surface area contributed by atoms with E-state index in [1.807, 2.05) is 24.3 Å². The second-order valence-electron chi connectivity index (χ2n) is 7.03. The Hall–Kier alpha value is -2.27. The SMILES string of the molecule is Nc1ncnc2cc(CN3CCN(S(=O)(=O)CCc4ccc(Cl)s4)CC3=O)ccc12. The van der Waals surface area contributed by atoms with Crippen LogP contribution in [-0.2, 0) is 27.8 Å². The maximum Gasteiger partial charge on any atom is 0.238 e. The lowest BCUT2D eigenvalue weighted by Crippen LogP contribution is -2.52. The number of carbonyl (C=O) groups is 1. The predicted molar refractivity (Wildman–Crippen MR) is 118 cm³/mol. The Balaban J connectivity index is 1.38. The van der Waals surface area contributed by atoms with Crippen molar-refractivity contribution in [2.24, 2.45) is 0 Å². The van der Waals surface area contributed by atoms with E-state index in [0.29, 0.717) is 35.2 Å². The molecule has 30 heavy (non-hydrogen) atoms. The maximum atomic E-state index is 12.7. The number of hydrogen-bond donors (Lipinski definition) is 1. The number of rotatable bonds is 6. The van der Waals surface area contributed by atoms with Crippen LogP contribution in [0.5, 0.6) is 0 Å². The second-order valence-corrected chi connectivity index (χ2v) is 10.9. The molecule has 2 aromatic heterocycles. The molecule has 2 N–H and O–H groups in total. The van der Waals surface area contributed by atoms with Crippen LogP contribution in [0.4, 0.5) is 5.82 Å². The zero-order valence-electron chi connectivity index (χ0n) is 16.0. The molecule has 1 amide bonds. The number of sulfonamides is 1. The van der Waals surface area contributed by atoms with Crippen molar-refractivity contribution in [3.05, 3.63) is 51.4 Å². The molecule has 0 radical (unpaired) electrons. The predicted octanol–water partition coefficient (Wildman–Crippen LogP) is 2.14. The summed E-state index contributed by atoms with van der Waals surface area (Å²) < 4.78 is 27.2. The van der Waals surface area contributed by atoms with Crippen molar-refractivity contribution in [2.45, 2.75) is 13.0 Å². The van der Waals surface area contributed by atoms with Crippen LogP contribution in [0, 0.1) is 0 Å². The molecule has 1 aliphatic heterocycles. The summed E-state index contributed by atoms with van der Waals surface area (Å²) in [5, 5.41) is 0.760. The number of hydrogen-bond acceptors (Lipinski definition) is 7. The van der Waals surface area contributed by atoms with Gasteiger partial charge in [-0.2, -0.15) is 4.31 Å². The second kappa shape index (κ2) is 8.46. The van der Waals surface area contributed by atoms with Crippen LogP contribution in [0.2, 0.25) is 4.34 Å². The monoisotopic (exact) mass is 465 g/mol. The molecule has 0 unspecified atom stereocenters. The highest BCUT2D eigenvalue weighted by atomic mass is 35.5. The molecule has 1 aromatic carbocycles. The fourth-order valence-corrected chi connectivity index (χ4v) is 6.00. The summed E-state index contributed by atoms with van der Waals surface area (Å²) in [5.41, 5.74) is 7.46. The van der Waals surface area contributed by atoms with E-state index in [-0.39, 0.29) is 24.7 Å². The molecule has 1 fully saturated rings. The summed E-state index contributed by atoms with van der Waals surface area (Å²) in [4.78, 5) is 23.4. The van der Waals surface area contributed by atoms with Gasteiger partial charge in [0.1, 0.15) is 12.1 Å². The van der Waals surface area contributed by atoms with Gasteiger partial charge in [-0.05, 0) is 36.2 Å². The maximum absolute atomic E-state index is 12.7. The summed E-state index contributed by atoms with van der Waals surface area (Å²) >= 11 is 7.27. The lowest BCUT2D eigenvalue weighted by molar-refractivity contribution is -0.134. The highest BCUT2D eigenvalue weighted by Gasteiger charge is 2.31. The van der Waals surface area contributed by atoms with Gasteiger partial charge in [0.2, 0.25) is 15.9 Å². The zero-order chi connectivity index (χ0) is 21.3. The number of carbonyl (C=O) groups excluding carboxylic acids is 1. The third kappa shape index (κ3) is 4.56. The van der Waals surface area contributed by atoms with Crippen molar-refractivity contribution < 1.29 is 13.2 Å². The van der Waals surface area contributed by atoms with Crippen LogP contribution in [-0.4, -0.2) is 58.9 Å². The number of anilines is 1. The van der Waals surface area contributed by atoms with E-state index >= 15 is 0 Å². The first-order valence-corrected chi connectivity index (χ1v) is 12.1. The fraction of sp³-hybridized carbons (Fsp3) is 0.316. The number of benzene rings is 1. The number of nitrogens with zero attached hydrogens (tertiary/aromatic N) is 4. The normalized spacial score (nSPS) is 15.8. The molecular weight excluding hydrogens is 446 g/mol. The van der Waals surface area contributed by atoms with Crippen molar-refractivity contribution in [3.63, 3.8) is 0 Å². The third-order valence-corrected chi connectivity index (χ3v) is 8.13. The standard InChI is InChI=1S/C19H20ClN5O3S2/c20-17-4-2-14(29-17)5-8-30(27,28)25-7-6-24(18(26)11-25)10-13-1-3-15-16(9-13)22-12-23-19(15)21/h1-4,9,12H,5-8,10-11H2,(H2,21,22,23). The van der Waals surface area contributed by atoms with Crippen LogP contribution in [0.15, 0.2) is 36.7 Å². The number of amides is 1. The number of nitrogen functional groups attached to an aromatic ring is 1. The van der Waals surface area contributed by atoms with E-state index in [1.54, 1.807) is 11.0 Å². The van der Waals surface area contributed by atoms with E-state index < -0.39 is 10.0 Å². The molecule has 0 aliphatic carbocycles. The molecule has 0 saturated carbocycles. The summed E-state index contributed by atoms with van der Waals surface area (Å²) in [6.07, 6.45) is 1.79. The van der Waals surface area contributed by atoms with Gasteiger partial charge >= 0.3 is 0 Å². The highest BCUT2D eigenvalue weighted by Crippen LogP contribution is 2.23. The number of halogens is 1. The van der Waals surface area contributed by atoms with E-state index in [0.717, 1.165) is 15.8 Å². The molecule has 1 aliphatic rings. The van der Waals surface area contributed by atoms with Gasteiger partial charge in [-0.15, -0.1) is 11.3 Å². The molecule has 0 atom stereocenters. The molecule has 8 nitrogen and oxygen atoms in total. The van der Waals surface area contributed by atoms with Crippen LogP contribution in [0.25, 0.3) is 10.9 Å². The number of piperazine rings is 1. The summed E-state index contributed by atoms with van der Waals surface area (Å²) in [6, 6.07) is 9.17. The highest BCUT2D eigenvalue weighted by molar-refractivity contribution is 7.89. The van der Waals surface area contributed by atoms with Gasteiger partial charge in [0.05, 0.1) is 22.2 Å². The third-order valence-electron chi connectivity index (χ3n) is 5.02. The number of aryl methyl sites for hydroxylation is 1. The van der Waals surface area contributed by atoms with Gasteiger partial charge in [0.25, 0.3) is 0 Å². The number of fused-ring (bicyclic) bond motifs is 1. The Morgan fingerprint density at radius 3 is 2.73 bits per heavy atom. The number of thiophene rings is 1. The van der Waals surface area contributed by atoms with Crippen LogP contribution in [0.3, 0.4) is 0 Å². The first-order chi connectivity index (χ1) is 14.3. The summed E-state index contributed by atoms with van der Waals surface area (Å²) in [5.74, 6) is 0.153. The number of aromatic nitrogens is 2. The van der Waals surface area contributed by atoms with Crippen LogP contribution < -0.4 is 5.73 Å². The molecule has 158 valence electrons. The number of nitrogens with two attached hydrogens (primary N) is 1. The quantitative estimate of drug-likeness (QED) is 0.597. The molecule has 4 rings (SSSR count). The van der Waals surface area contributed by atoms with Crippen LogP contribution >= 0.6 is 22.9 Å². The summed E-state index contributed by atoms with van der Waals surface area (Å²) in [7, 11) is -3.52. The van der Waals surface area contributed by atoms with Crippen molar-refractivity contribution in [3.8, 4) is 0 Å². The Bertz CT molecular complexity index is 1200. The summed E-state index contributed by atoms with van der Waals surface area (Å²) in [6.45, 7) is 0.866. The van der Waals surface area contributed by atoms with E-state index in [4.69, 9.17) is 17.3 Å². The average molecular weight is 466 g/mol. The Kier molecular flexibility index (Phi) is 5.92. The molecule has 3 aromatic rings. The van der Waals surface area contributed by atoms with Gasteiger partial charge in [-0.3, -0.25) is 4.79 Å². The van der Waals surface area contributed by atoms with Crippen molar-refractivity contribution >= 4 is 55.6 Å². The van der Waals surface area contributed by atoms with E-state index in [9.17, 15) is 13.2 Å². The Morgan fingerprint density at radius 1 is 1.17 bits per heavy atom. The molecule has 11 heteroatoms. The zero-order valence-corrected chi connectivity index (χ0v) is 18.4. The molecule has 0 spiro atoms. The minimum absolute atomic E-state index is 0.0388. The van der Waals surface area contributed by atoms with Crippen LogP contribution in [0.1, 0.15) is 10.4 Å². The van der Waals surface area contributed by atoms with Crippen molar-refractivity contribution in [1.29, 1.82) is 0 Å². The molecule has 0 bridgehead atoms. The van der Waals surface area contributed by atoms with Crippen molar-refractivity contribution in [2.75, 3.05) is 31.1 Å². The molecule has 3 heterocycles. The topological polar surface area (TPSA) is 109 Å². The van der Waals surface area contributed by atoms with Gasteiger partial charge < -0.3 is 10.6 Å². The average Bonchev–Trinajstić information content (AvgIpc) is 3.13. The molecular formula is C19H20ClN5O3S2. The Labute approximate surface area is 183 Å². The smallest absolute Gasteiger partial charge is 0.238 e. The van der Waals surface area contributed by atoms with Gasteiger partial charge in [-0.25, -0.2) is 18.4 Å². The first-order valence-electron chi connectivity index (χ1n) is 9.31. The fourth-order valence-electron chi connectivity index (χ4n) is 3.38. The van der Waals surface area contributed by atoms with Gasteiger partial charge in [0.15, 0.2) is 0 Å². The van der Waals surface area contributed by atoms with Gasteiger partial charge in [-0.1, -0.05) is 17.7 Å².